The van der Waals surface area contributed by atoms with Crippen LogP contribution >= 0.6 is 0 Å². The Balaban J connectivity index is 2.88. The second-order valence-electron chi connectivity index (χ2n) is 3.19. The van der Waals surface area contributed by atoms with Gasteiger partial charge < -0.3 is 4.98 Å². The fraction of sp³-hybridized carbons (Fsp3) is 0.0909. The minimum Gasteiger partial charge on any atom is -0.322 e. The predicted octanol–water partition coefficient (Wildman–Crippen LogP) is 1.71. The number of fused-ring (bicyclic) bond motifs is 1. The summed E-state index contributed by atoms with van der Waals surface area (Å²) in [6, 6.07) is 8.88. The van der Waals surface area contributed by atoms with E-state index in [1.807, 2.05) is 13.0 Å². The maximum Gasteiger partial charge on any atom is 0.248 e. The minimum absolute atomic E-state index is 0.124. The number of aryl methyl sites for hydroxylation is 1. The summed E-state index contributed by atoms with van der Waals surface area (Å²) >= 11 is 0. The fourth-order valence-corrected chi connectivity index (χ4v) is 1.43. The molecule has 2 aromatic rings. The summed E-state index contributed by atoms with van der Waals surface area (Å²) in [6.45, 7) is 1.85. The van der Waals surface area contributed by atoms with Crippen LogP contribution in [0.25, 0.3) is 10.9 Å². The fourth-order valence-electron chi connectivity index (χ4n) is 1.43. The minimum atomic E-state index is -0.124. The van der Waals surface area contributed by atoms with Gasteiger partial charge in [-0.2, -0.15) is 5.26 Å². The van der Waals surface area contributed by atoms with Crippen LogP contribution in [0.5, 0.6) is 0 Å². The highest BCUT2D eigenvalue weighted by Crippen LogP contribution is 2.15. The third kappa shape index (κ3) is 1.27. The average Bonchev–Trinajstić information content (AvgIpc) is 2.16. The molecule has 1 N–H and O–H groups in total. The molecule has 0 fully saturated rings. The highest BCUT2D eigenvalue weighted by Gasteiger charge is 2.00. The third-order valence-electron chi connectivity index (χ3n) is 2.19. The number of aromatic nitrogens is 1. The maximum absolute atomic E-state index is 11.0. The summed E-state index contributed by atoms with van der Waals surface area (Å²) in [6.07, 6.45) is 0. The summed E-state index contributed by atoms with van der Waals surface area (Å²) in [7, 11) is 0. The topological polar surface area (TPSA) is 56.6 Å². The van der Waals surface area contributed by atoms with Crippen LogP contribution in [-0.2, 0) is 0 Å². The normalized spacial score (nSPS) is 10.0. The molecule has 0 spiro atoms. The number of hydrogen-bond acceptors (Lipinski definition) is 2. The van der Waals surface area contributed by atoms with E-state index in [2.05, 4.69) is 11.1 Å². The highest BCUT2D eigenvalue weighted by atomic mass is 16.1. The molecule has 0 amide bonds. The van der Waals surface area contributed by atoms with Crippen molar-refractivity contribution >= 4 is 10.9 Å². The second kappa shape index (κ2) is 3.00. The molecular weight excluding hydrogens is 176 g/mol. The Morgan fingerprint density at radius 2 is 2.14 bits per heavy atom. The van der Waals surface area contributed by atoms with E-state index in [9.17, 15) is 4.79 Å². The lowest BCUT2D eigenvalue weighted by atomic mass is 10.1. The number of H-pyrrole nitrogens is 1. The summed E-state index contributed by atoms with van der Waals surface area (Å²) < 4.78 is 0. The molecule has 3 nitrogen and oxygen atoms in total. The average molecular weight is 184 g/mol. The van der Waals surface area contributed by atoms with Crippen molar-refractivity contribution in [3.63, 3.8) is 0 Å². The van der Waals surface area contributed by atoms with Crippen LogP contribution in [-0.4, -0.2) is 4.98 Å². The van der Waals surface area contributed by atoms with Crippen molar-refractivity contribution in [1.29, 1.82) is 5.26 Å². The molecule has 68 valence electrons. The van der Waals surface area contributed by atoms with Gasteiger partial charge in [0.05, 0.1) is 11.6 Å². The number of pyridine rings is 1. The molecule has 0 atom stereocenters. The largest absolute Gasteiger partial charge is 0.322 e. The van der Waals surface area contributed by atoms with Gasteiger partial charge in [0.1, 0.15) is 0 Å². The number of rotatable bonds is 0. The highest BCUT2D eigenvalue weighted by molar-refractivity contribution is 5.80. The van der Waals surface area contributed by atoms with Crippen molar-refractivity contribution in [2.24, 2.45) is 0 Å². The van der Waals surface area contributed by atoms with E-state index in [1.54, 1.807) is 12.1 Å². The lowest BCUT2D eigenvalue weighted by molar-refractivity contribution is 1.29. The van der Waals surface area contributed by atoms with Gasteiger partial charge >= 0.3 is 0 Å². The Morgan fingerprint density at radius 1 is 1.36 bits per heavy atom. The van der Waals surface area contributed by atoms with Gasteiger partial charge in [0.25, 0.3) is 0 Å². The molecule has 1 aromatic heterocycles. The zero-order valence-electron chi connectivity index (χ0n) is 7.66. The van der Waals surface area contributed by atoms with Crippen molar-refractivity contribution in [1.82, 2.24) is 4.98 Å². The van der Waals surface area contributed by atoms with E-state index < -0.39 is 0 Å². The van der Waals surface area contributed by atoms with Gasteiger partial charge in [-0.3, -0.25) is 4.79 Å². The van der Waals surface area contributed by atoms with E-state index in [0.717, 1.165) is 16.5 Å². The first-order chi connectivity index (χ1) is 6.70. The van der Waals surface area contributed by atoms with Gasteiger partial charge in [0.2, 0.25) is 5.56 Å². The molecule has 0 saturated carbocycles. The lowest BCUT2D eigenvalue weighted by Crippen LogP contribution is -2.02. The number of hydrogen-bond donors (Lipinski definition) is 1. The van der Waals surface area contributed by atoms with Crippen LogP contribution < -0.4 is 5.56 Å². The molecule has 0 bridgehead atoms. The number of aromatic amines is 1. The monoisotopic (exact) mass is 184 g/mol. The summed E-state index contributed by atoms with van der Waals surface area (Å²) in [4.78, 5) is 13.7. The van der Waals surface area contributed by atoms with Gasteiger partial charge in [-0.1, -0.05) is 0 Å². The molecular formula is C11H8N2O. The Hall–Kier alpha value is -2.08. The second-order valence-corrected chi connectivity index (χ2v) is 3.19. The van der Waals surface area contributed by atoms with Gasteiger partial charge in [-0.05, 0) is 36.1 Å². The first kappa shape index (κ1) is 8.52. The van der Waals surface area contributed by atoms with Gasteiger partial charge in [-0.15, -0.1) is 0 Å². The molecule has 0 aliphatic carbocycles. The zero-order chi connectivity index (χ0) is 10.1. The first-order valence-corrected chi connectivity index (χ1v) is 4.24. The van der Waals surface area contributed by atoms with Crippen LogP contribution in [0.2, 0.25) is 0 Å². The molecule has 1 heterocycles. The smallest absolute Gasteiger partial charge is 0.248 e. The lowest BCUT2D eigenvalue weighted by Gasteiger charge is -2.00. The van der Waals surface area contributed by atoms with Crippen LogP contribution in [0.1, 0.15) is 11.1 Å². The molecule has 2 rings (SSSR count). The SMILES string of the molecule is Cc1cc2[nH]c(=O)ccc2cc1C#N. The number of nitrogens with zero attached hydrogens (tertiary/aromatic N) is 1. The quantitative estimate of drug-likeness (QED) is 0.677. The number of nitrogens with one attached hydrogen (secondary N) is 1. The molecule has 0 aliphatic heterocycles. The summed E-state index contributed by atoms with van der Waals surface area (Å²) in [5, 5.41) is 9.69. The molecule has 0 unspecified atom stereocenters. The predicted molar refractivity (Wildman–Crippen MR) is 54.0 cm³/mol. The van der Waals surface area contributed by atoms with Crippen molar-refractivity contribution in [2.45, 2.75) is 6.92 Å². The molecule has 0 radical (unpaired) electrons. The molecule has 0 aliphatic rings. The Labute approximate surface area is 80.6 Å². The van der Waals surface area contributed by atoms with Gasteiger partial charge in [-0.25, -0.2) is 0 Å². The standard InChI is InChI=1S/C11H8N2O/c1-7-4-10-8(5-9(7)6-12)2-3-11(14)13-10/h2-5H,1H3,(H,13,14). The molecule has 0 saturated heterocycles. The molecule has 3 heteroatoms. The number of nitriles is 1. The number of benzene rings is 1. The summed E-state index contributed by atoms with van der Waals surface area (Å²) in [5.74, 6) is 0. The Bertz CT molecular complexity index is 590. The van der Waals surface area contributed by atoms with E-state index in [4.69, 9.17) is 5.26 Å². The first-order valence-electron chi connectivity index (χ1n) is 4.24. The Kier molecular flexibility index (Phi) is 1.83. The van der Waals surface area contributed by atoms with E-state index in [-0.39, 0.29) is 5.56 Å². The van der Waals surface area contributed by atoms with Gasteiger partial charge in [0, 0.05) is 11.6 Å². The van der Waals surface area contributed by atoms with Crippen molar-refractivity contribution < 1.29 is 0 Å². The van der Waals surface area contributed by atoms with E-state index in [0.29, 0.717) is 5.56 Å². The van der Waals surface area contributed by atoms with Crippen molar-refractivity contribution in [3.8, 4) is 6.07 Å². The van der Waals surface area contributed by atoms with E-state index >= 15 is 0 Å². The van der Waals surface area contributed by atoms with Crippen molar-refractivity contribution in [3.05, 3.63) is 45.7 Å². The maximum atomic E-state index is 11.0. The zero-order valence-corrected chi connectivity index (χ0v) is 7.66. The van der Waals surface area contributed by atoms with E-state index in [1.165, 1.54) is 6.07 Å². The van der Waals surface area contributed by atoms with Crippen molar-refractivity contribution in [2.75, 3.05) is 0 Å². The molecule has 1 aromatic carbocycles. The van der Waals surface area contributed by atoms with Crippen LogP contribution in [0.3, 0.4) is 0 Å². The van der Waals surface area contributed by atoms with Crippen LogP contribution in [0.4, 0.5) is 0 Å². The van der Waals surface area contributed by atoms with Crippen LogP contribution in [0, 0.1) is 18.3 Å². The third-order valence-corrected chi connectivity index (χ3v) is 2.19. The summed E-state index contributed by atoms with van der Waals surface area (Å²) in [5.41, 5.74) is 2.17. The van der Waals surface area contributed by atoms with Crippen LogP contribution in [0.15, 0.2) is 29.1 Å². The van der Waals surface area contributed by atoms with Gasteiger partial charge in [0.15, 0.2) is 0 Å². The molecule has 14 heavy (non-hydrogen) atoms. The Morgan fingerprint density at radius 3 is 2.86 bits per heavy atom.